The minimum atomic E-state index is -0.766. The van der Waals surface area contributed by atoms with Gasteiger partial charge in [-0.3, -0.25) is 14.4 Å². The molecule has 0 amide bonds. The van der Waals surface area contributed by atoms with Gasteiger partial charge in [-0.05, 0) is 31.4 Å². The molecule has 7 nitrogen and oxygen atoms in total. The van der Waals surface area contributed by atoms with Crippen LogP contribution in [0.5, 0.6) is 5.75 Å². The lowest BCUT2D eigenvalue weighted by atomic mass is 10.0. The molecule has 3 aromatic rings. The molecule has 0 aliphatic rings. The molecule has 0 fully saturated rings. The number of Topliss-reactive ketones (excluding diaryl/α,β-unsaturated/α-hetero) is 1. The molecule has 1 atom stereocenters. The van der Waals surface area contributed by atoms with Crippen molar-refractivity contribution in [1.29, 1.82) is 0 Å². The van der Waals surface area contributed by atoms with E-state index in [1.54, 1.807) is 6.92 Å². The monoisotopic (exact) mass is 432 g/mol. The number of halogens is 2. The summed E-state index contributed by atoms with van der Waals surface area (Å²) in [4.78, 5) is 38.5. The lowest BCUT2D eigenvalue weighted by Gasteiger charge is -2.16. The summed E-state index contributed by atoms with van der Waals surface area (Å²) < 4.78 is 34.8. The number of aliphatic hydroxyl groups is 1. The predicted molar refractivity (Wildman–Crippen MR) is 110 cm³/mol. The number of ether oxygens (including phenoxy) is 1. The molecule has 9 heteroatoms. The fraction of sp³-hybridized carbons (Fsp3) is 0.318. The summed E-state index contributed by atoms with van der Waals surface area (Å²) in [6.07, 6.45) is 4.42. The Hall–Kier alpha value is -3.33. The molecule has 3 rings (SSSR count). The minimum Gasteiger partial charge on any atom is -0.491 e. The van der Waals surface area contributed by atoms with Gasteiger partial charge in [0.05, 0.1) is 12.7 Å². The maximum Gasteiger partial charge on any atom is 0.279 e. The molecule has 0 spiro atoms. The normalized spacial score (nSPS) is 12.2. The zero-order valence-electron chi connectivity index (χ0n) is 17.1. The first kappa shape index (κ1) is 22.4. The molecule has 0 saturated carbocycles. The molecular formula is C22H22F2N2O5. The number of aryl methyl sites for hydroxylation is 1. The molecule has 2 aromatic heterocycles. The van der Waals surface area contributed by atoms with Gasteiger partial charge in [0, 0.05) is 43.7 Å². The quantitative estimate of drug-likeness (QED) is 0.553. The van der Waals surface area contributed by atoms with Gasteiger partial charge in [-0.2, -0.15) is 0 Å². The van der Waals surface area contributed by atoms with Crippen molar-refractivity contribution >= 4 is 11.3 Å². The van der Waals surface area contributed by atoms with Gasteiger partial charge >= 0.3 is 0 Å². The third-order valence-corrected chi connectivity index (χ3v) is 5.18. The highest BCUT2D eigenvalue weighted by molar-refractivity contribution is 5.96. The van der Waals surface area contributed by atoms with Crippen LogP contribution in [0.2, 0.25) is 0 Å². The number of nitrogens with zero attached hydrogens (tertiary/aromatic N) is 2. The summed E-state index contributed by atoms with van der Waals surface area (Å²) in [5, 5.41) is 9.13. The Balaban J connectivity index is 2.01. The van der Waals surface area contributed by atoms with E-state index in [-0.39, 0.29) is 47.9 Å². The van der Waals surface area contributed by atoms with E-state index in [9.17, 15) is 23.2 Å². The topological polar surface area (TPSA) is 90.0 Å². The molecule has 0 saturated heterocycles. The summed E-state index contributed by atoms with van der Waals surface area (Å²) in [5.74, 6) is -2.31. The zero-order valence-corrected chi connectivity index (χ0v) is 17.1. The van der Waals surface area contributed by atoms with Gasteiger partial charge < -0.3 is 18.8 Å². The largest absolute Gasteiger partial charge is 0.491 e. The number of carbonyl (C=O) groups excluding carboxylic acids is 1. The Bertz CT molecular complexity index is 1250. The SMILES string of the molecule is COc1c(=O)c(C(=O)CCc2ccc(F)cc2F)cn2ccn([C@H](C)CCO)c(=O)c12. The van der Waals surface area contributed by atoms with Crippen LogP contribution >= 0.6 is 0 Å². The molecule has 2 heterocycles. The Morgan fingerprint density at radius 1 is 1.23 bits per heavy atom. The molecule has 0 aliphatic carbocycles. The second-order valence-electron chi connectivity index (χ2n) is 7.19. The molecule has 1 aromatic carbocycles. The van der Waals surface area contributed by atoms with Crippen LogP contribution < -0.4 is 15.7 Å². The van der Waals surface area contributed by atoms with E-state index >= 15 is 0 Å². The fourth-order valence-corrected chi connectivity index (χ4v) is 3.44. The second-order valence-corrected chi connectivity index (χ2v) is 7.19. The van der Waals surface area contributed by atoms with E-state index in [0.29, 0.717) is 6.42 Å². The molecule has 0 unspecified atom stereocenters. The van der Waals surface area contributed by atoms with Crippen molar-refractivity contribution in [2.45, 2.75) is 32.2 Å². The molecule has 0 bridgehead atoms. The molecule has 31 heavy (non-hydrogen) atoms. The maximum atomic E-state index is 13.8. The summed E-state index contributed by atoms with van der Waals surface area (Å²) in [6.45, 7) is 1.65. The third kappa shape index (κ3) is 4.41. The third-order valence-electron chi connectivity index (χ3n) is 5.18. The zero-order chi connectivity index (χ0) is 22.7. The van der Waals surface area contributed by atoms with Gasteiger partial charge in [-0.15, -0.1) is 0 Å². The van der Waals surface area contributed by atoms with Crippen LogP contribution in [-0.2, 0) is 6.42 Å². The molecule has 164 valence electrons. The van der Waals surface area contributed by atoms with Crippen molar-refractivity contribution in [3.8, 4) is 5.75 Å². The number of hydrogen-bond donors (Lipinski definition) is 1. The number of aromatic nitrogens is 2. The van der Waals surface area contributed by atoms with E-state index in [1.807, 2.05) is 0 Å². The van der Waals surface area contributed by atoms with Gasteiger partial charge in [0.25, 0.3) is 5.56 Å². The predicted octanol–water partition coefficient (Wildman–Crippen LogP) is 2.51. The van der Waals surface area contributed by atoms with E-state index in [4.69, 9.17) is 9.84 Å². The number of rotatable bonds is 8. The van der Waals surface area contributed by atoms with Gasteiger partial charge in [-0.25, -0.2) is 8.78 Å². The Morgan fingerprint density at radius 3 is 2.61 bits per heavy atom. The number of benzene rings is 1. The van der Waals surface area contributed by atoms with Gasteiger partial charge in [0.15, 0.2) is 17.0 Å². The fourth-order valence-electron chi connectivity index (χ4n) is 3.44. The number of carbonyl (C=O) groups is 1. The summed E-state index contributed by atoms with van der Waals surface area (Å²) in [5.41, 5.74) is -1.30. The molecule has 0 aliphatic heterocycles. The van der Waals surface area contributed by atoms with Crippen molar-refractivity contribution in [1.82, 2.24) is 8.97 Å². The van der Waals surface area contributed by atoms with Crippen LogP contribution in [0.1, 0.15) is 41.7 Å². The van der Waals surface area contributed by atoms with Crippen LogP contribution in [0, 0.1) is 11.6 Å². The number of fused-ring (bicyclic) bond motifs is 1. The Kier molecular flexibility index (Phi) is 6.65. The van der Waals surface area contributed by atoms with Crippen molar-refractivity contribution in [3.63, 3.8) is 0 Å². The van der Waals surface area contributed by atoms with E-state index in [2.05, 4.69) is 0 Å². The highest BCUT2D eigenvalue weighted by Gasteiger charge is 2.21. The minimum absolute atomic E-state index is 0.0182. The lowest BCUT2D eigenvalue weighted by Crippen LogP contribution is -2.29. The molecule has 1 N–H and O–H groups in total. The van der Waals surface area contributed by atoms with Gasteiger partial charge in [-0.1, -0.05) is 6.07 Å². The van der Waals surface area contributed by atoms with Gasteiger partial charge in [0.2, 0.25) is 5.43 Å². The number of methoxy groups -OCH3 is 1. The van der Waals surface area contributed by atoms with Crippen molar-refractivity contribution < 1.29 is 23.4 Å². The first-order valence-electron chi connectivity index (χ1n) is 9.70. The van der Waals surface area contributed by atoms with Gasteiger partial charge in [0.1, 0.15) is 11.6 Å². The number of ketones is 1. The van der Waals surface area contributed by atoms with Crippen molar-refractivity contribution in [2.24, 2.45) is 0 Å². The van der Waals surface area contributed by atoms with Crippen LogP contribution in [-0.4, -0.2) is 33.6 Å². The van der Waals surface area contributed by atoms with E-state index in [1.165, 1.54) is 40.7 Å². The Labute approximate surface area is 176 Å². The summed E-state index contributed by atoms with van der Waals surface area (Å²) in [6, 6.07) is 2.77. The van der Waals surface area contributed by atoms with Crippen molar-refractivity contribution in [2.75, 3.05) is 13.7 Å². The smallest absolute Gasteiger partial charge is 0.279 e. The Morgan fingerprint density at radius 2 is 1.97 bits per heavy atom. The first-order chi connectivity index (χ1) is 14.8. The number of aliphatic hydroxyl groups excluding tert-OH is 1. The average molecular weight is 432 g/mol. The summed E-state index contributed by atoms with van der Waals surface area (Å²) in [7, 11) is 1.23. The van der Waals surface area contributed by atoms with Crippen molar-refractivity contribution in [3.05, 3.63) is 80.1 Å². The number of hydrogen-bond acceptors (Lipinski definition) is 5. The standard InChI is InChI=1S/C22H22F2N2O5/c1-13(7-10-27)26-9-8-25-12-16(20(29)21(31-2)19(25)22(26)30)18(28)6-4-14-3-5-15(23)11-17(14)24/h3,5,8-9,11-13,27H,4,6-7,10H2,1-2H3/t13-/m1/s1. The van der Waals surface area contributed by atoms with E-state index < -0.39 is 28.4 Å². The average Bonchev–Trinajstić information content (AvgIpc) is 2.73. The summed E-state index contributed by atoms with van der Waals surface area (Å²) >= 11 is 0. The maximum absolute atomic E-state index is 13.8. The molecular weight excluding hydrogens is 410 g/mol. The van der Waals surface area contributed by atoms with Crippen LogP contribution in [0.25, 0.3) is 5.52 Å². The van der Waals surface area contributed by atoms with Crippen LogP contribution in [0.15, 0.2) is 46.4 Å². The first-order valence-corrected chi connectivity index (χ1v) is 9.70. The van der Waals surface area contributed by atoms with Crippen LogP contribution in [0.4, 0.5) is 8.78 Å². The van der Waals surface area contributed by atoms with E-state index in [0.717, 1.165) is 12.1 Å². The highest BCUT2D eigenvalue weighted by Crippen LogP contribution is 2.17. The highest BCUT2D eigenvalue weighted by atomic mass is 19.1. The second kappa shape index (κ2) is 9.22. The number of pyridine rings is 1. The van der Waals surface area contributed by atoms with Crippen LogP contribution in [0.3, 0.4) is 0 Å². The molecule has 0 radical (unpaired) electrons. The lowest BCUT2D eigenvalue weighted by molar-refractivity contribution is 0.0980.